The number of aromatic hydroxyl groups is 1. The van der Waals surface area contributed by atoms with Crippen LogP contribution in [0.5, 0.6) is 11.8 Å². The molecule has 3 aliphatic heterocycles. The summed E-state index contributed by atoms with van der Waals surface area (Å²) in [5.74, 6) is -2.36. The number of anilines is 1. The van der Waals surface area contributed by atoms with Crippen molar-refractivity contribution in [3.63, 3.8) is 0 Å². The lowest BCUT2D eigenvalue weighted by molar-refractivity contribution is 0.107. The normalized spacial score (nSPS) is 24.0. The van der Waals surface area contributed by atoms with Gasteiger partial charge in [-0.25, -0.2) is 22.0 Å². The number of rotatable bonds is 7. The first kappa shape index (κ1) is 30.8. The van der Waals surface area contributed by atoms with Gasteiger partial charge in [0.15, 0.2) is 11.6 Å². The highest BCUT2D eigenvalue weighted by atomic mass is 19.3. The summed E-state index contributed by atoms with van der Waals surface area (Å²) in [7, 11) is 2.04. The molecular formula is C33H35F5N6O2. The van der Waals surface area contributed by atoms with Gasteiger partial charge in [0.05, 0.1) is 27.7 Å². The zero-order valence-corrected chi connectivity index (χ0v) is 25.6. The predicted octanol–water partition coefficient (Wildman–Crippen LogP) is 6.25. The number of hydrogen-bond acceptors (Lipinski definition) is 8. The second-order valence-electron chi connectivity index (χ2n) is 12.7. The van der Waals surface area contributed by atoms with Gasteiger partial charge in [-0.2, -0.15) is 9.97 Å². The van der Waals surface area contributed by atoms with Gasteiger partial charge in [0.2, 0.25) is 0 Å². The molecule has 13 heteroatoms. The Hall–Kier alpha value is -3.84. The number of halogens is 5. The first-order chi connectivity index (χ1) is 22.1. The Bertz CT molecular complexity index is 1810. The van der Waals surface area contributed by atoms with Crippen molar-refractivity contribution in [1.82, 2.24) is 24.8 Å². The number of phenolic OH excluding ortho intramolecular Hbond substituents is 1. The van der Waals surface area contributed by atoms with Gasteiger partial charge in [-0.1, -0.05) is 13.0 Å². The maximum atomic E-state index is 15.2. The van der Waals surface area contributed by atoms with Crippen molar-refractivity contribution in [3.05, 3.63) is 47.7 Å². The van der Waals surface area contributed by atoms with E-state index in [9.17, 15) is 13.9 Å². The first-order valence-corrected chi connectivity index (χ1v) is 15.7. The van der Waals surface area contributed by atoms with Crippen LogP contribution in [0.3, 0.4) is 0 Å². The molecule has 2 aromatic carbocycles. The van der Waals surface area contributed by atoms with E-state index in [1.54, 1.807) is 0 Å². The van der Waals surface area contributed by atoms with Crippen LogP contribution in [0.15, 0.2) is 30.5 Å². The highest BCUT2D eigenvalue weighted by molar-refractivity contribution is 6.02. The number of aromatic nitrogens is 3. The Kier molecular flexibility index (Phi) is 7.87. The van der Waals surface area contributed by atoms with Crippen LogP contribution in [-0.4, -0.2) is 94.0 Å². The molecule has 0 aliphatic carbocycles. The summed E-state index contributed by atoms with van der Waals surface area (Å²) in [5, 5.41) is 10.5. The van der Waals surface area contributed by atoms with Gasteiger partial charge in [0.1, 0.15) is 24.3 Å². The minimum atomic E-state index is -3.14. The van der Waals surface area contributed by atoms with Gasteiger partial charge in [0, 0.05) is 55.8 Å². The topological polar surface area (TPSA) is 77.8 Å². The van der Waals surface area contributed by atoms with Crippen molar-refractivity contribution in [1.29, 1.82) is 0 Å². The third kappa shape index (κ3) is 5.17. The molecule has 0 amide bonds. The Morgan fingerprint density at radius 1 is 1.11 bits per heavy atom. The molecule has 0 saturated carbocycles. The van der Waals surface area contributed by atoms with Crippen LogP contribution >= 0.6 is 0 Å². The Morgan fingerprint density at radius 2 is 1.93 bits per heavy atom. The molecule has 1 N–H and O–H groups in total. The quantitative estimate of drug-likeness (QED) is 0.237. The van der Waals surface area contributed by atoms with Crippen LogP contribution in [0.4, 0.5) is 27.8 Å². The first-order valence-electron chi connectivity index (χ1n) is 15.7. The molecule has 46 heavy (non-hydrogen) atoms. The lowest BCUT2D eigenvalue weighted by Crippen LogP contribution is -2.51. The minimum absolute atomic E-state index is 0.0995. The zero-order valence-electron chi connectivity index (χ0n) is 25.6. The number of phenols is 1. The average Bonchev–Trinajstić information content (AvgIpc) is 3.56. The largest absolute Gasteiger partial charge is 0.508 e. The molecule has 4 aromatic rings. The number of pyridine rings is 1. The molecule has 2 aromatic heterocycles. The van der Waals surface area contributed by atoms with Crippen molar-refractivity contribution in [3.8, 4) is 23.0 Å². The number of benzene rings is 2. The molecule has 0 radical (unpaired) electrons. The van der Waals surface area contributed by atoms with Crippen molar-refractivity contribution in [2.45, 2.75) is 56.8 Å². The van der Waals surface area contributed by atoms with E-state index in [0.29, 0.717) is 38.4 Å². The smallest absolute Gasteiger partial charge is 0.319 e. The second-order valence-corrected chi connectivity index (χ2v) is 12.7. The molecule has 3 aliphatic rings. The lowest BCUT2D eigenvalue weighted by atomic mass is 9.95. The average molecular weight is 643 g/mol. The summed E-state index contributed by atoms with van der Waals surface area (Å²) in [6, 6.07) is 4.55. The molecule has 1 unspecified atom stereocenters. The number of nitrogens with zero attached hydrogens (tertiary/aromatic N) is 6. The van der Waals surface area contributed by atoms with E-state index in [0.717, 1.165) is 37.9 Å². The highest BCUT2D eigenvalue weighted by Gasteiger charge is 2.49. The molecule has 8 nitrogen and oxygen atoms in total. The van der Waals surface area contributed by atoms with E-state index in [-0.39, 0.29) is 57.3 Å². The highest BCUT2D eigenvalue weighted by Crippen LogP contribution is 2.43. The van der Waals surface area contributed by atoms with E-state index in [1.807, 2.05) is 11.9 Å². The molecule has 3 saturated heterocycles. The molecule has 3 fully saturated rings. The standard InChI is InChI=1S/C33H35F5N6O2/c1-3-20-16-43(10-9-42(20)2)31-23-14-39-28(22-12-21(45)11-18-5-6-24(35)27(36)25(18)22)26(30(37)38)29(23)40-32(41-31)46-17-33-7-4-8-44(33)15-19(34)13-33/h5-6,11-12,14,19-20,30,45H,3-4,7-10,13,15-17H2,1-2H3/t19-,20?,33+/m0/s1. The molecule has 7 rings (SSSR count). The van der Waals surface area contributed by atoms with E-state index in [2.05, 4.69) is 26.7 Å². The number of alkyl halides is 3. The Labute approximate surface area is 262 Å². The van der Waals surface area contributed by atoms with Crippen LogP contribution in [0.25, 0.3) is 32.9 Å². The third-order valence-corrected chi connectivity index (χ3v) is 9.98. The second kappa shape index (κ2) is 11.8. The van der Waals surface area contributed by atoms with Crippen LogP contribution in [0.2, 0.25) is 0 Å². The summed E-state index contributed by atoms with van der Waals surface area (Å²) in [6.07, 6.45) is 0.0659. The molecule has 0 spiro atoms. The SMILES string of the molecule is CCC1CN(c2nc(OC[C@]34CCCN3C[C@@H](F)C4)nc3c(C(F)F)c(-c4cc(O)cc5ccc(F)c(F)c45)ncc23)CCN1C. The number of fused-ring (bicyclic) bond motifs is 3. The summed E-state index contributed by atoms with van der Waals surface area (Å²) in [5.41, 5.74) is -1.82. The van der Waals surface area contributed by atoms with Crippen molar-refractivity contribution in [2.24, 2.45) is 0 Å². The van der Waals surface area contributed by atoms with Gasteiger partial charge >= 0.3 is 6.01 Å². The minimum Gasteiger partial charge on any atom is -0.508 e. The monoisotopic (exact) mass is 642 g/mol. The summed E-state index contributed by atoms with van der Waals surface area (Å²) < 4.78 is 80.7. The molecule has 0 bridgehead atoms. The molecule has 5 heterocycles. The van der Waals surface area contributed by atoms with Gasteiger partial charge in [0.25, 0.3) is 6.43 Å². The van der Waals surface area contributed by atoms with Crippen molar-refractivity contribution >= 4 is 27.5 Å². The molecule has 244 valence electrons. The van der Waals surface area contributed by atoms with Gasteiger partial charge in [-0.15, -0.1) is 0 Å². The number of ether oxygens (including phenoxy) is 1. The van der Waals surface area contributed by atoms with E-state index >= 15 is 13.2 Å². The van der Waals surface area contributed by atoms with E-state index < -0.39 is 35.3 Å². The van der Waals surface area contributed by atoms with Crippen molar-refractivity contribution in [2.75, 3.05) is 51.3 Å². The van der Waals surface area contributed by atoms with E-state index in [1.165, 1.54) is 18.3 Å². The summed E-state index contributed by atoms with van der Waals surface area (Å²) >= 11 is 0. The van der Waals surface area contributed by atoms with Crippen molar-refractivity contribution < 1.29 is 31.8 Å². The van der Waals surface area contributed by atoms with Gasteiger partial charge in [-0.05, 0) is 56.4 Å². The molecule has 3 atom stereocenters. The zero-order chi connectivity index (χ0) is 32.3. The third-order valence-electron chi connectivity index (χ3n) is 9.98. The predicted molar refractivity (Wildman–Crippen MR) is 164 cm³/mol. The summed E-state index contributed by atoms with van der Waals surface area (Å²) in [4.78, 5) is 19.9. The number of likely N-dealkylation sites (N-methyl/N-ethyl adjacent to an activating group) is 1. The maximum Gasteiger partial charge on any atom is 0.319 e. The lowest BCUT2D eigenvalue weighted by Gasteiger charge is -2.40. The number of hydrogen-bond donors (Lipinski definition) is 1. The maximum absolute atomic E-state index is 15.2. The number of piperazine rings is 1. The fraction of sp³-hybridized carbons (Fsp3) is 0.485. The van der Waals surface area contributed by atoms with E-state index in [4.69, 9.17) is 9.72 Å². The fourth-order valence-corrected chi connectivity index (χ4v) is 7.59. The Morgan fingerprint density at radius 3 is 2.72 bits per heavy atom. The van der Waals surface area contributed by atoms with Gasteiger partial charge in [-0.3, -0.25) is 14.8 Å². The van der Waals surface area contributed by atoms with Crippen LogP contribution in [0, 0.1) is 11.6 Å². The fourth-order valence-electron chi connectivity index (χ4n) is 7.59. The Balaban J connectivity index is 1.41. The molecular weight excluding hydrogens is 607 g/mol. The van der Waals surface area contributed by atoms with Crippen LogP contribution in [-0.2, 0) is 0 Å². The van der Waals surface area contributed by atoms with Crippen LogP contribution < -0.4 is 9.64 Å². The van der Waals surface area contributed by atoms with Crippen LogP contribution in [0.1, 0.15) is 44.6 Å². The summed E-state index contributed by atoms with van der Waals surface area (Å²) in [6.45, 7) is 5.11. The van der Waals surface area contributed by atoms with Gasteiger partial charge < -0.3 is 14.7 Å².